The molecule has 3 aromatic rings. The summed E-state index contributed by atoms with van der Waals surface area (Å²) in [7, 11) is 0. The van der Waals surface area contributed by atoms with Gasteiger partial charge in [0, 0.05) is 24.4 Å². The summed E-state index contributed by atoms with van der Waals surface area (Å²) in [6.07, 6.45) is 0. The normalized spacial score (nSPS) is 10.8. The van der Waals surface area contributed by atoms with Gasteiger partial charge in [-0.1, -0.05) is 29.8 Å². The molecule has 3 rings (SSSR count). The summed E-state index contributed by atoms with van der Waals surface area (Å²) >= 11 is 6.03. The Morgan fingerprint density at radius 2 is 1.78 bits per heavy atom. The standard InChI is InChI=1S/C23H21ClN4O4/c1-2-27(14-15-32-23(29)17-6-4-3-5-7-17)19-10-8-18(9-11-19)25-26-22-13-12-20(28(30)31)16-21(22)24/h3-13,16H,2,14-15H2,1H3. The molecule has 0 heterocycles. The highest BCUT2D eigenvalue weighted by atomic mass is 35.5. The van der Waals surface area contributed by atoms with Crippen molar-refractivity contribution in [2.45, 2.75) is 6.92 Å². The number of azo groups is 1. The lowest BCUT2D eigenvalue weighted by atomic mass is 10.2. The van der Waals surface area contributed by atoms with Crippen LogP contribution in [0.25, 0.3) is 0 Å². The van der Waals surface area contributed by atoms with Gasteiger partial charge in [0.1, 0.15) is 12.3 Å². The van der Waals surface area contributed by atoms with Crippen LogP contribution in [0.15, 0.2) is 83.0 Å². The van der Waals surface area contributed by atoms with Crippen molar-refractivity contribution >= 4 is 40.3 Å². The summed E-state index contributed by atoms with van der Waals surface area (Å²) in [5.74, 6) is -0.345. The second kappa shape index (κ2) is 11.0. The quantitative estimate of drug-likeness (QED) is 0.163. The van der Waals surface area contributed by atoms with E-state index in [1.807, 2.05) is 25.1 Å². The molecule has 8 nitrogen and oxygen atoms in total. The van der Waals surface area contributed by atoms with E-state index < -0.39 is 4.92 Å². The number of rotatable bonds is 9. The molecule has 0 aliphatic carbocycles. The zero-order valence-corrected chi connectivity index (χ0v) is 18.1. The van der Waals surface area contributed by atoms with Crippen LogP contribution in [-0.4, -0.2) is 30.6 Å². The number of halogens is 1. The van der Waals surface area contributed by atoms with Crippen molar-refractivity contribution < 1.29 is 14.5 Å². The largest absolute Gasteiger partial charge is 0.460 e. The van der Waals surface area contributed by atoms with E-state index in [-0.39, 0.29) is 23.3 Å². The molecule has 0 spiro atoms. The van der Waals surface area contributed by atoms with Crippen LogP contribution in [-0.2, 0) is 4.74 Å². The maximum atomic E-state index is 12.1. The summed E-state index contributed by atoms with van der Waals surface area (Å²) in [6, 6.07) is 20.3. The number of hydrogen-bond donors (Lipinski definition) is 0. The number of nitro groups is 1. The first-order valence-electron chi connectivity index (χ1n) is 9.91. The maximum Gasteiger partial charge on any atom is 0.338 e. The molecule has 0 aromatic heterocycles. The Balaban J connectivity index is 1.58. The second-order valence-electron chi connectivity index (χ2n) is 6.69. The van der Waals surface area contributed by atoms with E-state index in [0.29, 0.717) is 23.5 Å². The summed E-state index contributed by atoms with van der Waals surface area (Å²) in [4.78, 5) is 24.4. The first-order chi connectivity index (χ1) is 15.5. The van der Waals surface area contributed by atoms with Crippen molar-refractivity contribution in [3.05, 3.63) is 93.5 Å². The molecule has 0 unspecified atom stereocenters. The van der Waals surface area contributed by atoms with E-state index in [2.05, 4.69) is 15.1 Å². The van der Waals surface area contributed by atoms with Crippen molar-refractivity contribution in [2.75, 3.05) is 24.6 Å². The maximum absolute atomic E-state index is 12.1. The molecule has 0 amide bonds. The Morgan fingerprint density at radius 1 is 1.06 bits per heavy atom. The van der Waals surface area contributed by atoms with Gasteiger partial charge in [-0.05, 0) is 49.4 Å². The first-order valence-corrected chi connectivity index (χ1v) is 10.3. The van der Waals surface area contributed by atoms with E-state index >= 15 is 0 Å². The Labute approximate surface area is 190 Å². The number of anilines is 1. The van der Waals surface area contributed by atoms with Gasteiger partial charge in [-0.15, -0.1) is 5.11 Å². The topological polar surface area (TPSA) is 97.4 Å². The molecule has 0 saturated carbocycles. The van der Waals surface area contributed by atoms with Crippen LogP contribution >= 0.6 is 11.6 Å². The van der Waals surface area contributed by atoms with Gasteiger partial charge in [-0.2, -0.15) is 5.11 Å². The van der Waals surface area contributed by atoms with Crippen molar-refractivity contribution in [3.63, 3.8) is 0 Å². The highest BCUT2D eigenvalue weighted by Gasteiger charge is 2.10. The average molecular weight is 453 g/mol. The smallest absolute Gasteiger partial charge is 0.338 e. The number of esters is 1. The molecule has 0 fully saturated rings. The number of likely N-dealkylation sites (N-methyl/N-ethyl adjacent to an activating group) is 1. The van der Waals surface area contributed by atoms with Gasteiger partial charge in [0.2, 0.25) is 0 Å². The number of non-ortho nitro benzene ring substituents is 1. The summed E-state index contributed by atoms with van der Waals surface area (Å²) in [5.41, 5.74) is 2.33. The van der Waals surface area contributed by atoms with Crippen LogP contribution in [0.4, 0.5) is 22.7 Å². The van der Waals surface area contributed by atoms with E-state index in [1.165, 1.54) is 18.2 Å². The Bertz CT molecular complexity index is 1100. The summed E-state index contributed by atoms with van der Waals surface area (Å²) in [5, 5.41) is 19.1. The van der Waals surface area contributed by atoms with Crippen molar-refractivity contribution in [1.29, 1.82) is 0 Å². The first kappa shape index (κ1) is 22.9. The van der Waals surface area contributed by atoms with Crippen LogP contribution in [0.2, 0.25) is 5.02 Å². The van der Waals surface area contributed by atoms with E-state index in [9.17, 15) is 14.9 Å². The third kappa shape index (κ3) is 6.12. The van der Waals surface area contributed by atoms with Crippen molar-refractivity contribution in [1.82, 2.24) is 0 Å². The van der Waals surface area contributed by atoms with E-state index in [4.69, 9.17) is 16.3 Å². The molecule has 0 aliphatic heterocycles. The van der Waals surface area contributed by atoms with Crippen molar-refractivity contribution in [2.24, 2.45) is 10.2 Å². The number of nitrogens with zero attached hydrogens (tertiary/aromatic N) is 4. The third-order valence-electron chi connectivity index (χ3n) is 4.62. The number of carbonyl (C=O) groups excluding carboxylic acids is 1. The van der Waals surface area contributed by atoms with Gasteiger partial charge >= 0.3 is 5.97 Å². The fourth-order valence-electron chi connectivity index (χ4n) is 2.91. The predicted molar refractivity (Wildman–Crippen MR) is 123 cm³/mol. The van der Waals surface area contributed by atoms with Gasteiger partial charge in [-0.3, -0.25) is 10.1 Å². The lowest BCUT2D eigenvalue weighted by molar-refractivity contribution is -0.384. The third-order valence-corrected chi connectivity index (χ3v) is 4.92. The summed E-state index contributed by atoms with van der Waals surface area (Å²) < 4.78 is 5.36. The van der Waals surface area contributed by atoms with E-state index in [1.54, 1.807) is 36.4 Å². The van der Waals surface area contributed by atoms with Crippen LogP contribution in [0, 0.1) is 10.1 Å². The SMILES string of the molecule is CCN(CCOC(=O)c1ccccc1)c1ccc(N=Nc2ccc([N+](=O)[O-])cc2Cl)cc1. The number of carbonyl (C=O) groups is 1. The van der Waals surface area contributed by atoms with Crippen LogP contribution < -0.4 is 4.90 Å². The number of ether oxygens (including phenoxy) is 1. The van der Waals surface area contributed by atoms with Gasteiger partial charge in [-0.25, -0.2) is 4.79 Å². The van der Waals surface area contributed by atoms with Crippen molar-refractivity contribution in [3.8, 4) is 0 Å². The number of benzene rings is 3. The molecule has 0 atom stereocenters. The molecule has 0 bridgehead atoms. The fourth-order valence-corrected chi connectivity index (χ4v) is 3.12. The Morgan fingerprint density at radius 3 is 2.41 bits per heavy atom. The molecule has 164 valence electrons. The highest BCUT2D eigenvalue weighted by Crippen LogP contribution is 2.30. The Hall–Kier alpha value is -3.78. The predicted octanol–water partition coefficient (Wildman–Crippen LogP) is 6.35. The molecule has 9 heteroatoms. The molecule has 0 N–H and O–H groups in total. The second-order valence-corrected chi connectivity index (χ2v) is 7.10. The number of hydrogen-bond acceptors (Lipinski definition) is 7. The minimum absolute atomic E-state index is 0.104. The average Bonchev–Trinajstić information content (AvgIpc) is 2.82. The van der Waals surface area contributed by atoms with Gasteiger partial charge in [0.25, 0.3) is 5.69 Å². The van der Waals surface area contributed by atoms with Gasteiger partial charge in [0.05, 0.1) is 27.7 Å². The molecule has 0 saturated heterocycles. The minimum atomic E-state index is -0.520. The molecule has 0 radical (unpaired) electrons. The lowest BCUT2D eigenvalue weighted by Crippen LogP contribution is -2.27. The molecule has 32 heavy (non-hydrogen) atoms. The van der Waals surface area contributed by atoms with Crippen LogP contribution in [0.3, 0.4) is 0 Å². The fraction of sp³-hybridized carbons (Fsp3) is 0.174. The van der Waals surface area contributed by atoms with Gasteiger partial charge < -0.3 is 9.64 Å². The zero-order valence-electron chi connectivity index (χ0n) is 17.3. The monoisotopic (exact) mass is 452 g/mol. The van der Waals surface area contributed by atoms with E-state index in [0.717, 1.165) is 12.2 Å². The number of nitro benzene ring substituents is 1. The van der Waals surface area contributed by atoms with Crippen LogP contribution in [0.5, 0.6) is 0 Å². The minimum Gasteiger partial charge on any atom is -0.460 e. The summed E-state index contributed by atoms with van der Waals surface area (Å²) in [6.45, 7) is 3.57. The highest BCUT2D eigenvalue weighted by molar-refractivity contribution is 6.33. The Kier molecular flexibility index (Phi) is 7.88. The molecular weight excluding hydrogens is 432 g/mol. The molecule has 0 aliphatic rings. The molecular formula is C23H21ClN4O4. The lowest BCUT2D eigenvalue weighted by Gasteiger charge is -2.23. The van der Waals surface area contributed by atoms with Gasteiger partial charge in [0.15, 0.2) is 0 Å². The van der Waals surface area contributed by atoms with Crippen LogP contribution in [0.1, 0.15) is 17.3 Å². The molecule has 3 aromatic carbocycles. The zero-order chi connectivity index (χ0) is 22.9.